The minimum atomic E-state index is 0. The molecule has 1 unspecified atom stereocenters. The van der Waals surface area contributed by atoms with Crippen molar-refractivity contribution in [2.45, 2.75) is 6.17 Å². The van der Waals surface area contributed by atoms with Gasteiger partial charge in [0.2, 0.25) is 5.69 Å². The third-order valence-corrected chi connectivity index (χ3v) is 5.73. The summed E-state index contributed by atoms with van der Waals surface area (Å²) in [5, 5.41) is 2.55. The normalized spacial score (nSPS) is 16.3. The van der Waals surface area contributed by atoms with Crippen molar-refractivity contribution in [3.8, 4) is 0 Å². The SMILES string of the molecule is C1=Cc2ccccc2N2C1=Cc1c3ccccc3cc[n+]1C2c1ccccc1.[Cl-]. The maximum atomic E-state index is 2.45. The van der Waals surface area contributed by atoms with E-state index >= 15 is 0 Å². The first-order chi connectivity index (χ1) is 13.9. The lowest BCUT2D eigenvalue weighted by Crippen LogP contribution is -3.00. The van der Waals surface area contributed by atoms with Crippen molar-refractivity contribution in [1.29, 1.82) is 0 Å². The third kappa shape index (κ3) is 2.68. The zero-order chi connectivity index (χ0) is 18.5. The number of halogens is 1. The Balaban J connectivity index is 0.00000181. The van der Waals surface area contributed by atoms with Crippen molar-refractivity contribution in [2.75, 3.05) is 4.90 Å². The number of rotatable bonds is 1. The van der Waals surface area contributed by atoms with Gasteiger partial charge >= 0.3 is 0 Å². The van der Waals surface area contributed by atoms with Gasteiger partial charge in [0, 0.05) is 17.7 Å². The monoisotopic (exact) mass is 394 g/mol. The molecule has 3 heterocycles. The summed E-state index contributed by atoms with van der Waals surface area (Å²) in [5.74, 6) is 0. The molecule has 0 aliphatic carbocycles. The molecule has 6 rings (SSSR count). The molecule has 29 heavy (non-hydrogen) atoms. The van der Waals surface area contributed by atoms with Gasteiger partial charge in [0.25, 0.3) is 6.17 Å². The van der Waals surface area contributed by atoms with E-state index in [1.807, 2.05) is 0 Å². The molecule has 0 radical (unpaired) electrons. The van der Waals surface area contributed by atoms with Crippen molar-refractivity contribution in [3.63, 3.8) is 0 Å². The minimum Gasteiger partial charge on any atom is -1.00 e. The van der Waals surface area contributed by atoms with Crippen LogP contribution in [-0.4, -0.2) is 0 Å². The van der Waals surface area contributed by atoms with Crippen LogP contribution in [0.3, 0.4) is 0 Å². The molecule has 0 spiro atoms. The fourth-order valence-electron chi connectivity index (χ4n) is 4.45. The van der Waals surface area contributed by atoms with Crippen molar-refractivity contribution in [3.05, 3.63) is 120 Å². The van der Waals surface area contributed by atoms with Gasteiger partial charge in [-0.25, -0.2) is 0 Å². The first kappa shape index (κ1) is 17.7. The molecule has 3 heteroatoms. The highest BCUT2D eigenvalue weighted by Crippen LogP contribution is 2.40. The van der Waals surface area contributed by atoms with Crippen molar-refractivity contribution in [1.82, 2.24) is 0 Å². The number of fused-ring (bicyclic) bond motifs is 6. The van der Waals surface area contributed by atoms with Crippen molar-refractivity contribution < 1.29 is 17.0 Å². The number of benzene rings is 3. The highest BCUT2D eigenvalue weighted by Gasteiger charge is 2.39. The molecular weight excluding hydrogens is 376 g/mol. The molecule has 2 aliphatic heterocycles. The molecule has 1 atom stereocenters. The minimum absolute atomic E-state index is 0. The zero-order valence-corrected chi connectivity index (χ0v) is 16.5. The van der Waals surface area contributed by atoms with Crippen LogP contribution in [0.25, 0.3) is 22.9 Å². The van der Waals surface area contributed by atoms with Gasteiger partial charge in [0.15, 0.2) is 6.20 Å². The van der Waals surface area contributed by atoms with Crippen LogP contribution in [-0.2, 0) is 0 Å². The van der Waals surface area contributed by atoms with E-state index in [1.165, 1.54) is 39.0 Å². The highest BCUT2D eigenvalue weighted by molar-refractivity contribution is 5.90. The summed E-state index contributed by atoms with van der Waals surface area (Å²) in [4.78, 5) is 2.45. The standard InChI is InChI=1S/C26H19N2.ClH/c1-2-10-21(11-3-1)26-27-17-16-19-8-4-6-12-23(19)25(27)18-22-15-14-20-9-5-7-13-24(20)28(22)26;/h1-18,26H;1H/q+1;/p-1. The highest BCUT2D eigenvalue weighted by atomic mass is 35.5. The molecule has 2 aliphatic rings. The summed E-state index contributed by atoms with van der Waals surface area (Å²) in [6.45, 7) is 0. The summed E-state index contributed by atoms with van der Waals surface area (Å²) < 4.78 is 2.40. The van der Waals surface area contributed by atoms with E-state index in [1.54, 1.807) is 0 Å². The zero-order valence-electron chi connectivity index (χ0n) is 15.7. The molecule has 0 N–H and O–H groups in total. The average molecular weight is 395 g/mol. The van der Waals surface area contributed by atoms with E-state index in [2.05, 4.69) is 119 Å². The largest absolute Gasteiger partial charge is 1.00 e. The fourth-order valence-corrected chi connectivity index (χ4v) is 4.45. The molecule has 140 valence electrons. The fraction of sp³-hybridized carbons (Fsp3) is 0.0385. The Bertz CT molecular complexity index is 1270. The van der Waals surface area contributed by atoms with E-state index in [9.17, 15) is 0 Å². The Morgan fingerprint density at radius 2 is 1.48 bits per heavy atom. The van der Waals surface area contributed by atoms with E-state index in [0.717, 1.165) is 0 Å². The number of allylic oxidation sites excluding steroid dienone is 1. The molecule has 2 nitrogen and oxygen atoms in total. The second-order valence-corrected chi connectivity index (χ2v) is 7.31. The Morgan fingerprint density at radius 1 is 0.724 bits per heavy atom. The van der Waals surface area contributed by atoms with Gasteiger partial charge in [-0.15, -0.1) is 0 Å². The smallest absolute Gasteiger partial charge is 0.265 e. The molecule has 0 fully saturated rings. The predicted molar refractivity (Wildman–Crippen MR) is 115 cm³/mol. The summed E-state index contributed by atoms with van der Waals surface area (Å²) in [6, 6.07) is 30.3. The number of hydrogen-bond acceptors (Lipinski definition) is 1. The lowest BCUT2D eigenvalue weighted by atomic mass is 9.97. The van der Waals surface area contributed by atoms with Gasteiger partial charge in [0.1, 0.15) is 0 Å². The Kier molecular flexibility index (Phi) is 4.22. The third-order valence-electron chi connectivity index (χ3n) is 5.73. The van der Waals surface area contributed by atoms with Crippen molar-refractivity contribution >= 4 is 28.6 Å². The Hall–Kier alpha value is -3.36. The van der Waals surface area contributed by atoms with Crippen LogP contribution in [0, 0.1) is 0 Å². The van der Waals surface area contributed by atoms with Crippen LogP contribution < -0.4 is 21.9 Å². The van der Waals surface area contributed by atoms with Crippen molar-refractivity contribution in [2.24, 2.45) is 0 Å². The van der Waals surface area contributed by atoms with Gasteiger partial charge in [-0.1, -0.05) is 72.8 Å². The maximum absolute atomic E-state index is 2.45. The predicted octanol–water partition coefficient (Wildman–Crippen LogP) is 2.57. The first-order valence-corrected chi connectivity index (χ1v) is 9.66. The summed E-state index contributed by atoms with van der Waals surface area (Å²) in [7, 11) is 0. The summed E-state index contributed by atoms with van der Waals surface area (Å²) in [5.41, 5.74) is 6.26. The number of nitrogens with zero attached hydrogens (tertiary/aromatic N) is 2. The van der Waals surface area contributed by atoms with Crippen LogP contribution in [0.15, 0.2) is 103 Å². The second-order valence-electron chi connectivity index (χ2n) is 7.31. The van der Waals surface area contributed by atoms with Crippen LogP contribution in [0.1, 0.15) is 23.0 Å². The molecule has 0 saturated carbocycles. The number of anilines is 1. The molecule has 1 aromatic heterocycles. The number of aromatic nitrogens is 1. The van der Waals surface area contributed by atoms with Gasteiger partial charge in [0.05, 0.1) is 16.8 Å². The summed E-state index contributed by atoms with van der Waals surface area (Å²) >= 11 is 0. The molecular formula is C26H19ClN2. The summed E-state index contributed by atoms with van der Waals surface area (Å²) in [6.07, 6.45) is 9.08. The first-order valence-electron chi connectivity index (χ1n) is 9.66. The molecule has 0 amide bonds. The number of pyridine rings is 1. The Labute approximate surface area is 176 Å². The maximum Gasteiger partial charge on any atom is 0.265 e. The molecule has 0 saturated heterocycles. The Morgan fingerprint density at radius 3 is 2.38 bits per heavy atom. The van der Waals surface area contributed by atoms with Crippen LogP contribution in [0.4, 0.5) is 5.69 Å². The number of para-hydroxylation sites is 1. The van der Waals surface area contributed by atoms with E-state index in [-0.39, 0.29) is 18.6 Å². The van der Waals surface area contributed by atoms with Gasteiger partial charge in [-0.3, -0.25) is 4.90 Å². The quantitative estimate of drug-likeness (QED) is 0.450. The van der Waals surface area contributed by atoms with E-state index in [0.29, 0.717) is 0 Å². The molecule has 0 bridgehead atoms. The van der Waals surface area contributed by atoms with E-state index in [4.69, 9.17) is 0 Å². The second kappa shape index (κ2) is 6.91. The van der Waals surface area contributed by atoms with Gasteiger partial charge in [-0.2, -0.15) is 4.57 Å². The van der Waals surface area contributed by atoms with E-state index < -0.39 is 0 Å². The van der Waals surface area contributed by atoms with Crippen LogP contribution >= 0.6 is 0 Å². The van der Waals surface area contributed by atoms with Crippen LogP contribution in [0.2, 0.25) is 0 Å². The topological polar surface area (TPSA) is 7.12 Å². The molecule has 4 aromatic rings. The lowest BCUT2D eigenvalue weighted by molar-refractivity contribution is -0.714. The molecule has 3 aromatic carbocycles. The van der Waals surface area contributed by atoms with Crippen LogP contribution in [0.5, 0.6) is 0 Å². The van der Waals surface area contributed by atoms with Gasteiger partial charge < -0.3 is 12.4 Å². The number of hydrogen-bond donors (Lipinski definition) is 0. The van der Waals surface area contributed by atoms with Gasteiger partial charge in [-0.05, 0) is 29.2 Å². The average Bonchev–Trinajstić information content (AvgIpc) is 2.78. The lowest BCUT2D eigenvalue weighted by Gasteiger charge is -2.37.